The van der Waals surface area contributed by atoms with Crippen molar-refractivity contribution in [1.82, 2.24) is 19.9 Å². The Hall–Kier alpha value is -3.11. The van der Waals surface area contributed by atoms with Gasteiger partial charge in [-0.15, -0.1) is 0 Å². The molecule has 1 atom stereocenters. The Morgan fingerprint density at radius 3 is 3.04 bits per heavy atom. The van der Waals surface area contributed by atoms with Gasteiger partial charge in [0.1, 0.15) is 17.4 Å². The molecule has 3 N–H and O–H groups in total. The molecule has 3 rings (SSSR count). The van der Waals surface area contributed by atoms with E-state index in [0.29, 0.717) is 23.4 Å². The predicted octanol–water partition coefficient (Wildman–Crippen LogP) is 1.45. The molecule has 0 saturated carbocycles. The van der Waals surface area contributed by atoms with Crippen molar-refractivity contribution in [2.45, 2.75) is 19.5 Å². The highest BCUT2D eigenvalue weighted by Gasteiger charge is 2.10. The lowest BCUT2D eigenvalue weighted by Crippen LogP contribution is -2.22. The van der Waals surface area contributed by atoms with Crippen LogP contribution in [-0.4, -0.2) is 19.7 Å². The molecule has 0 bridgehead atoms. The number of aromatic amines is 1. The molecule has 23 heavy (non-hydrogen) atoms. The molecule has 0 spiro atoms. The molecule has 3 aromatic rings. The zero-order valence-electron chi connectivity index (χ0n) is 12.4. The minimum Gasteiger partial charge on any atom is -0.508 e. The number of fused-ring (bicyclic) bond motifs is 1. The fourth-order valence-electron chi connectivity index (χ4n) is 2.37. The van der Waals surface area contributed by atoms with E-state index in [2.05, 4.69) is 15.4 Å². The third-order valence-electron chi connectivity index (χ3n) is 3.63. The van der Waals surface area contributed by atoms with Gasteiger partial charge in [-0.2, -0.15) is 5.26 Å². The Balaban J connectivity index is 1.82. The highest BCUT2D eigenvalue weighted by molar-refractivity contribution is 5.53. The SMILES string of the molecule is CC(NCc1cc(=O)n2[nH]cc(C#N)c2n1)c1cccc(O)c1. The Labute approximate surface area is 131 Å². The molecule has 0 aliphatic carbocycles. The lowest BCUT2D eigenvalue weighted by Gasteiger charge is -2.14. The third kappa shape index (κ3) is 2.93. The Morgan fingerprint density at radius 2 is 2.30 bits per heavy atom. The number of aromatic nitrogens is 3. The lowest BCUT2D eigenvalue weighted by atomic mass is 10.1. The van der Waals surface area contributed by atoms with Crippen LogP contribution in [0.2, 0.25) is 0 Å². The summed E-state index contributed by atoms with van der Waals surface area (Å²) < 4.78 is 1.24. The number of aromatic hydroxyl groups is 1. The molecular weight excluding hydrogens is 294 g/mol. The zero-order valence-corrected chi connectivity index (χ0v) is 12.4. The van der Waals surface area contributed by atoms with Gasteiger partial charge < -0.3 is 10.4 Å². The van der Waals surface area contributed by atoms with E-state index in [1.807, 2.05) is 19.1 Å². The van der Waals surface area contributed by atoms with Crippen LogP contribution in [0.3, 0.4) is 0 Å². The van der Waals surface area contributed by atoms with Crippen LogP contribution in [0.5, 0.6) is 5.75 Å². The molecule has 0 saturated heterocycles. The quantitative estimate of drug-likeness (QED) is 0.676. The van der Waals surface area contributed by atoms with Crippen molar-refractivity contribution in [1.29, 1.82) is 5.26 Å². The predicted molar refractivity (Wildman–Crippen MR) is 83.9 cm³/mol. The molecule has 2 aromatic heterocycles. The van der Waals surface area contributed by atoms with Gasteiger partial charge in [0.2, 0.25) is 0 Å². The first-order chi connectivity index (χ1) is 11.1. The number of rotatable bonds is 4. The molecule has 0 fully saturated rings. The summed E-state index contributed by atoms with van der Waals surface area (Å²) in [7, 11) is 0. The molecule has 0 radical (unpaired) electrons. The Kier molecular flexibility index (Phi) is 3.83. The number of nitriles is 1. The van der Waals surface area contributed by atoms with Crippen LogP contribution in [-0.2, 0) is 6.54 Å². The minimum atomic E-state index is -0.265. The van der Waals surface area contributed by atoms with E-state index in [-0.39, 0.29) is 17.4 Å². The van der Waals surface area contributed by atoms with Crippen molar-refractivity contribution in [3.63, 3.8) is 0 Å². The second kappa shape index (κ2) is 5.94. The minimum absolute atomic E-state index is 0.0241. The number of hydrogen-bond acceptors (Lipinski definition) is 5. The highest BCUT2D eigenvalue weighted by Crippen LogP contribution is 2.18. The van der Waals surface area contributed by atoms with Gasteiger partial charge >= 0.3 is 0 Å². The number of phenolic OH excluding ortho intramolecular Hbond substituents is 1. The van der Waals surface area contributed by atoms with Gasteiger partial charge in [-0.3, -0.25) is 9.89 Å². The van der Waals surface area contributed by atoms with Crippen LogP contribution in [0.25, 0.3) is 5.65 Å². The van der Waals surface area contributed by atoms with Gasteiger partial charge in [-0.1, -0.05) is 12.1 Å². The standard InChI is InChI=1S/C16H15N5O2/c1-10(11-3-2-4-14(22)5-11)18-9-13-6-15(23)21-16(20-13)12(7-17)8-19-21/h2-6,8,10,18-19,22H,9H2,1H3. The number of H-pyrrole nitrogens is 1. The van der Waals surface area contributed by atoms with Crippen LogP contribution in [0.1, 0.15) is 29.8 Å². The van der Waals surface area contributed by atoms with E-state index >= 15 is 0 Å². The molecule has 0 aliphatic rings. The van der Waals surface area contributed by atoms with Crippen molar-refractivity contribution >= 4 is 5.65 Å². The molecule has 1 aromatic carbocycles. The van der Waals surface area contributed by atoms with Crippen LogP contribution in [0, 0.1) is 11.3 Å². The number of benzene rings is 1. The fraction of sp³-hybridized carbons (Fsp3) is 0.188. The largest absolute Gasteiger partial charge is 0.508 e. The normalized spacial score (nSPS) is 12.2. The summed E-state index contributed by atoms with van der Waals surface area (Å²) in [6.07, 6.45) is 1.45. The Bertz CT molecular complexity index is 951. The summed E-state index contributed by atoms with van der Waals surface area (Å²) in [6.45, 7) is 2.33. The van der Waals surface area contributed by atoms with Crippen LogP contribution < -0.4 is 10.9 Å². The van der Waals surface area contributed by atoms with Crippen molar-refractivity contribution in [2.75, 3.05) is 0 Å². The maximum atomic E-state index is 12.0. The van der Waals surface area contributed by atoms with Gasteiger partial charge in [0.25, 0.3) is 5.56 Å². The highest BCUT2D eigenvalue weighted by atomic mass is 16.3. The van der Waals surface area contributed by atoms with Gasteiger partial charge in [-0.25, -0.2) is 9.50 Å². The van der Waals surface area contributed by atoms with Crippen LogP contribution in [0.15, 0.2) is 41.3 Å². The maximum Gasteiger partial charge on any atom is 0.272 e. The Morgan fingerprint density at radius 1 is 1.48 bits per heavy atom. The molecule has 0 amide bonds. The van der Waals surface area contributed by atoms with E-state index < -0.39 is 0 Å². The number of hydrogen-bond donors (Lipinski definition) is 3. The van der Waals surface area contributed by atoms with E-state index in [0.717, 1.165) is 5.56 Å². The third-order valence-corrected chi connectivity index (χ3v) is 3.63. The summed E-state index contributed by atoms with van der Waals surface area (Å²) >= 11 is 0. The van der Waals surface area contributed by atoms with Crippen LogP contribution in [0.4, 0.5) is 0 Å². The monoisotopic (exact) mass is 309 g/mol. The van der Waals surface area contributed by atoms with Crippen molar-refractivity contribution in [3.05, 3.63) is 63.7 Å². The summed E-state index contributed by atoms with van der Waals surface area (Å²) in [5, 5.41) is 24.5. The molecule has 2 heterocycles. The average Bonchev–Trinajstić information content (AvgIpc) is 2.96. The summed E-state index contributed by atoms with van der Waals surface area (Å²) in [4.78, 5) is 16.4. The van der Waals surface area contributed by atoms with E-state index in [1.54, 1.807) is 18.2 Å². The number of nitrogens with one attached hydrogen (secondary N) is 2. The molecule has 1 unspecified atom stereocenters. The van der Waals surface area contributed by atoms with Crippen LogP contribution >= 0.6 is 0 Å². The summed E-state index contributed by atoms with van der Waals surface area (Å²) in [5.41, 5.74) is 1.87. The molecule has 7 nitrogen and oxygen atoms in total. The first-order valence-electron chi connectivity index (χ1n) is 7.11. The van der Waals surface area contributed by atoms with Gasteiger partial charge in [0, 0.05) is 24.8 Å². The van der Waals surface area contributed by atoms with E-state index in [9.17, 15) is 9.90 Å². The molecule has 116 valence electrons. The lowest BCUT2D eigenvalue weighted by molar-refractivity contribution is 0.472. The topological polar surface area (TPSA) is 106 Å². The fourth-order valence-corrected chi connectivity index (χ4v) is 2.37. The maximum absolute atomic E-state index is 12.0. The second-order valence-corrected chi connectivity index (χ2v) is 5.24. The zero-order chi connectivity index (χ0) is 16.4. The smallest absolute Gasteiger partial charge is 0.272 e. The summed E-state index contributed by atoms with van der Waals surface area (Å²) in [6, 6.07) is 10.4. The second-order valence-electron chi connectivity index (χ2n) is 5.24. The van der Waals surface area contributed by atoms with E-state index in [1.165, 1.54) is 16.8 Å². The average molecular weight is 309 g/mol. The van der Waals surface area contributed by atoms with Gasteiger partial charge in [-0.05, 0) is 24.6 Å². The number of phenols is 1. The van der Waals surface area contributed by atoms with Crippen molar-refractivity contribution in [2.24, 2.45) is 0 Å². The molecule has 0 aliphatic heterocycles. The van der Waals surface area contributed by atoms with Gasteiger partial charge in [0.05, 0.1) is 5.69 Å². The first-order valence-corrected chi connectivity index (χ1v) is 7.11. The summed E-state index contributed by atoms with van der Waals surface area (Å²) in [5.74, 6) is 0.208. The number of nitrogens with zero attached hydrogens (tertiary/aromatic N) is 3. The first kappa shape index (κ1) is 14.8. The van der Waals surface area contributed by atoms with Crippen molar-refractivity contribution in [3.8, 4) is 11.8 Å². The van der Waals surface area contributed by atoms with Crippen molar-refractivity contribution < 1.29 is 5.11 Å². The van der Waals surface area contributed by atoms with E-state index in [4.69, 9.17) is 5.26 Å². The van der Waals surface area contributed by atoms with Gasteiger partial charge in [0.15, 0.2) is 5.65 Å². The molecule has 7 heteroatoms. The molecular formula is C16H15N5O2.